The van der Waals surface area contributed by atoms with E-state index in [1.54, 1.807) is 18.4 Å². The van der Waals surface area contributed by atoms with Gasteiger partial charge in [0.15, 0.2) is 17.6 Å². The maximum absolute atomic E-state index is 13.1. The van der Waals surface area contributed by atoms with Gasteiger partial charge < -0.3 is 15.0 Å². The van der Waals surface area contributed by atoms with Gasteiger partial charge in [0.05, 0.1) is 23.8 Å². The highest BCUT2D eigenvalue weighted by Gasteiger charge is 2.08. The Balaban J connectivity index is 1.77. The van der Waals surface area contributed by atoms with Gasteiger partial charge in [-0.25, -0.2) is 13.8 Å². The Morgan fingerprint density at radius 3 is 2.79 bits per heavy atom. The molecule has 8 heteroatoms. The van der Waals surface area contributed by atoms with E-state index >= 15 is 0 Å². The molecule has 0 radical (unpaired) electrons. The molecule has 0 atom stereocenters. The monoisotopic (exact) mass is 354 g/mol. The average Bonchev–Trinajstić information content (AvgIpc) is 2.95. The number of aliphatic imine (C=N–C) groups is 1. The van der Waals surface area contributed by atoms with Gasteiger partial charge in [-0.2, -0.15) is 0 Å². The molecule has 0 unspecified atom stereocenters. The van der Waals surface area contributed by atoms with E-state index in [4.69, 9.17) is 4.74 Å². The molecule has 0 bridgehead atoms. The fraction of sp³-hybridized carbons (Fsp3) is 0.375. The van der Waals surface area contributed by atoms with Crippen LogP contribution in [0.15, 0.2) is 28.6 Å². The quantitative estimate of drug-likeness (QED) is 0.492. The molecule has 1 aromatic carbocycles. The first-order chi connectivity index (χ1) is 11.5. The van der Waals surface area contributed by atoms with Crippen LogP contribution in [0, 0.1) is 18.6 Å². The summed E-state index contributed by atoms with van der Waals surface area (Å²) in [5, 5.41) is 6.20. The van der Waals surface area contributed by atoms with E-state index in [1.165, 1.54) is 6.07 Å². The van der Waals surface area contributed by atoms with Crippen LogP contribution in [-0.4, -0.2) is 43.1 Å². The van der Waals surface area contributed by atoms with E-state index in [-0.39, 0.29) is 5.75 Å². The normalized spacial score (nSPS) is 11.5. The zero-order valence-corrected chi connectivity index (χ0v) is 14.7. The van der Waals surface area contributed by atoms with Crippen molar-refractivity contribution in [2.24, 2.45) is 4.99 Å². The highest BCUT2D eigenvalue weighted by atomic mass is 32.1. The first-order valence-corrected chi connectivity index (χ1v) is 8.28. The molecule has 0 aliphatic rings. The predicted octanol–water partition coefficient (Wildman–Crippen LogP) is 2.82. The van der Waals surface area contributed by atoms with Crippen molar-refractivity contribution in [2.75, 3.05) is 27.2 Å². The number of guanidine groups is 1. The van der Waals surface area contributed by atoms with Crippen molar-refractivity contribution in [1.29, 1.82) is 0 Å². The molecule has 2 rings (SSSR count). The van der Waals surface area contributed by atoms with Crippen LogP contribution in [0.5, 0.6) is 5.75 Å². The minimum atomic E-state index is -0.922. The summed E-state index contributed by atoms with van der Waals surface area (Å²) in [5.41, 5.74) is 0.987. The number of thiazole rings is 1. The van der Waals surface area contributed by atoms with Crippen LogP contribution in [0.4, 0.5) is 8.78 Å². The molecule has 0 aliphatic carbocycles. The summed E-state index contributed by atoms with van der Waals surface area (Å²) in [7, 11) is 3.61. The van der Waals surface area contributed by atoms with E-state index in [9.17, 15) is 8.78 Å². The van der Waals surface area contributed by atoms with Gasteiger partial charge in [-0.1, -0.05) is 0 Å². The third kappa shape index (κ3) is 5.16. The van der Waals surface area contributed by atoms with Crippen LogP contribution in [0.25, 0.3) is 0 Å². The molecule has 1 heterocycles. The Morgan fingerprint density at radius 1 is 1.38 bits per heavy atom. The van der Waals surface area contributed by atoms with E-state index in [2.05, 4.69) is 15.3 Å². The van der Waals surface area contributed by atoms with Crippen molar-refractivity contribution in [1.82, 2.24) is 15.2 Å². The van der Waals surface area contributed by atoms with E-state index in [1.807, 2.05) is 24.3 Å². The van der Waals surface area contributed by atoms with Gasteiger partial charge >= 0.3 is 0 Å². The number of rotatable bonds is 6. The first-order valence-electron chi connectivity index (χ1n) is 7.40. The van der Waals surface area contributed by atoms with E-state index < -0.39 is 11.6 Å². The topological polar surface area (TPSA) is 49.8 Å². The lowest BCUT2D eigenvalue weighted by atomic mass is 10.3. The van der Waals surface area contributed by atoms with E-state index in [0.717, 1.165) is 22.8 Å². The zero-order valence-electron chi connectivity index (χ0n) is 13.8. The number of hydrogen-bond donors (Lipinski definition) is 1. The summed E-state index contributed by atoms with van der Waals surface area (Å²) < 4.78 is 31.3. The van der Waals surface area contributed by atoms with Gasteiger partial charge in [-0.3, -0.25) is 4.99 Å². The second kappa shape index (κ2) is 8.58. The van der Waals surface area contributed by atoms with Gasteiger partial charge in [0.2, 0.25) is 0 Å². The molecule has 2 aromatic rings. The molecule has 5 nitrogen and oxygen atoms in total. The minimum absolute atomic E-state index is 0.289. The molecule has 0 saturated carbocycles. The molecule has 24 heavy (non-hydrogen) atoms. The Hall–Kier alpha value is -2.22. The number of benzene rings is 1. The van der Waals surface area contributed by atoms with Crippen molar-refractivity contribution in [3.05, 3.63) is 45.9 Å². The van der Waals surface area contributed by atoms with Gasteiger partial charge in [0.1, 0.15) is 12.4 Å². The van der Waals surface area contributed by atoms with Crippen molar-refractivity contribution in [2.45, 2.75) is 13.5 Å². The van der Waals surface area contributed by atoms with Crippen LogP contribution in [-0.2, 0) is 6.54 Å². The molecule has 1 aromatic heterocycles. The summed E-state index contributed by atoms with van der Waals surface area (Å²) >= 11 is 1.61. The lowest BCUT2D eigenvalue weighted by Gasteiger charge is -2.21. The van der Waals surface area contributed by atoms with Crippen molar-refractivity contribution in [3.8, 4) is 5.75 Å². The average molecular weight is 354 g/mol. The fourth-order valence-electron chi connectivity index (χ4n) is 2.08. The number of hydrogen-bond acceptors (Lipinski definition) is 4. The summed E-state index contributed by atoms with van der Waals surface area (Å²) in [6.45, 7) is 3.39. The lowest BCUT2D eigenvalue weighted by molar-refractivity contribution is 0.316. The predicted molar refractivity (Wildman–Crippen MR) is 91.5 cm³/mol. The lowest BCUT2D eigenvalue weighted by Crippen LogP contribution is -2.40. The van der Waals surface area contributed by atoms with Crippen molar-refractivity contribution < 1.29 is 13.5 Å². The number of ether oxygens (including phenoxy) is 1. The van der Waals surface area contributed by atoms with Crippen LogP contribution < -0.4 is 10.1 Å². The third-order valence-corrected chi connectivity index (χ3v) is 4.01. The van der Waals surface area contributed by atoms with Crippen LogP contribution in [0.1, 0.15) is 10.7 Å². The molecule has 0 saturated heterocycles. The summed E-state index contributed by atoms with van der Waals surface area (Å²) in [4.78, 5) is 10.6. The van der Waals surface area contributed by atoms with Crippen molar-refractivity contribution >= 4 is 17.3 Å². The molecule has 0 fully saturated rings. The molecular weight excluding hydrogens is 334 g/mol. The second-order valence-corrected chi connectivity index (χ2v) is 6.17. The smallest absolute Gasteiger partial charge is 0.193 e. The van der Waals surface area contributed by atoms with Crippen LogP contribution >= 0.6 is 11.3 Å². The Morgan fingerprint density at radius 2 is 2.17 bits per heavy atom. The van der Waals surface area contributed by atoms with Crippen LogP contribution in [0.3, 0.4) is 0 Å². The highest BCUT2D eigenvalue weighted by Crippen LogP contribution is 2.15. The van der Waals surface area contributed by atoms with E-state index in [0.29, 0.717) is 25.7 Å². The minimum Gasteiger partial charge on any atom is -0.492 e. The third-order valence-electron chi connectivity index (χ3n) is 3.18. The maximum atomic E-state index is 13.1. The number of nitrogens with one attached hydrogen (secondary N) is 1. The summed E-state index contributed by atoms with van der Waals surface area (Å²) in [5.74, 6) is -0.819. The summed E-state index contributed by atoms with van der Waals surface area (Å²) in [6.07, 6.45) is 0. The summed E-state index contributed by atoms with van der Waals surface area (Å²) in [6, 6.07) is 3.46. The van der Waals surface area contributed by atoms with Crippen LogP contribution in [0.2, 0.25) is 0 Å². The molecule has 130 valence electrons. The molecule has 0 spiro atoms. The largest absolute Gasteiger partial charge is 0.492 e. The standard InChI is InChI=1S/C16H20F2N4OS/c1-11-21-12(10-24-11)9-22(3)16(19-2)20-6-7-23-13-4-5-14(17)15(18)8-13/h4-5,8,10H,6-7,9H2,1-3H3,(H,19,20). The maximum Gasteiger partial charge on any atom is 0.193 e. The SMILES string of the molecule is CN=C(NCCOc1ccc(F)c(F)c1)N(C)Cc1csc(C)n1. The van der Waals surface area contributed by atoms with Gasteiger partial charge in [-0.15, -0.1) is 11.3 Å². The molecule has 1 N–H and O–H groups in total. The van der Waals surface area contributed by atoms with Gasteiger partial charge in [-0.05, 0) is 19.1 Å². The molecule has 0 amide bonds. The van der Waals surface area contributed by atoms with Gasteiger partial charge in [0, 0.05) is 25.5 Å². The fourth-order valence-corrected chi connectivity index (χ4v) is 2.69. The number of aryl methyl sites for hydroxylation is 1. The zero-order chi connectivity index (χ0) is 17.5. The number of aromatic nitrogens is 1. The Kier molecular flexibility index (Phi) is 6.48. The molecular formula is C16H20F2N4OS. The van der Waals surface area contributed by atoms with Gasteiger partial charge in [0.25, 0.3) is 0 Å². The highest BCUT2D eigenvalue weighted by molar-refractivity contribution is 7.09. The second-order valence-electron chi connectivity index (χ2n) is 5.11. The molecule has 0 aliphatic heterocycles. The first kappa shape index (κ1) is 18.1. The Bertz CT molecular complexity index is 705. The number of halogens is 2. The van der Waals surface area contributed by atoms with Crippen molar-refractivity contribution in [3.63, 3.8) is 0 Å². The number of nitrogens with zero attached hydrogens (tertiary/aromatic N) is 3. The Labute approximate surface area is 144 Å².